The molecule has 3 N–H and O–H groups in total. The number of aromatic amines is 1. The van der Waals surface area contributed by atoms with Crippen LogP contribution in [-0.4, -0.2) is 23.4 Å². The number of hydrazone groups is 1. The Labute approximate surface area is 205 Å². The molecule has 0 spiro atoms. The van der Waals surface area contributed by atoms with Gasteiger partial charge in [-0.15, -0.1) is 0 Å². The van der Waals surface area contributed by atoms with Crippen LogP contribution in [0.1, 0.15) is 11.1 Å². The molecule has 0 radical (unpaired) electrons. The Morgan fingerprint density at radius 2 is 1.69 bits per heavy atom. The Bertz CT molecular complexity index is 1320. The highest BCUT2D eigenvalue weighted by Crippen LogP contribution is 2.30. The van der Waals surface area contributed by atoms with Crippen molar-refractivity contribution in [3.63, 3.8) is 0 Å². The van der Waals surface area contributed by atoms with E-state index in [1.807, 2.05) is 59.3 Å². The molecule has 0 unspecified atom stereocenters. The lowest BCUT2D eigenvalue weighted by molar-refractivity contribution is -0.593. The van der Waals surface area contributed by atoms with E-state index in [4.69, 9.17) is 17.0 Å². The minimum Gasteiger partial charge on any atom is -0.497 e. The molecular weight excluding hydrogens is 475 g/mol. The Hall–Kier alpha value is -4.18. The monoisotopic (exact) mass is 496 g/mol. The smallest absolute Gasteiger partial charge is 0.416 e. The van der Waals surface area contributed by atoms with Crippen molar-refractivity contribution in [1.82, 2.24) is 10.4 Å². The van der Waals surface area contributed by atoms with Gasteiger partial charge in [0.2, 0.25) is 6.33 Å². The Morgan fingerprint density at radius 3 is 2.31 bits per heavy atom. The van der Waals surface area contributed by atoms with Crippen molar-refractivity contribution < 1.29 is 22.5 Å². The zero-order chi connectivity index (χ0) is 24.8. The number of benzene rings is 3. The summed E-state index contributed by atoms with van der Waals surface area (Å²) in [6.45, 7) is 0. The summed E-state index contributed by atoms with van der Waals surface area (Å²) in [5, 5.41) is 7.52. The first-order chi connectivity index (χ1) is 16.8. The quantitative estimate of drug-likeness (QED) is 0.147. The molecule has 0 amide bonds. The summed E-state index contributed by atoms with van der Waals surface area (Å²) in [4.78, 5) is 3.08. The Balaban J connectivity index is 1.34. The Morgan fingerprint density at radius 1 is 1.00 bits per heavy atom. The maximum absolute atomic E-state index is 12.8. The van der Waals surface area contributed by atoms with Gasteiger partial charge in [-0.25, -0.2) is 9.55 Å². The van der Waals surface area contributed by atoms with Gasteiger partial charge in [0.05, 0.1) is 18.9 Å². The SMILES string of the molecule is COc1ccc(NC(=S)N/N=C/c2ccc(-[n+]3c[nH]c(-c4ccc(C(F)(F)F)cc4)c3)cc2)cc1. The summed E-state index contributed by atoms with van der Waals surface area (Å²) in [5.74, 6) is 0.754. The van der Waals surface area contributed by atoms with Crippen LogP contribution < -0.4 is 20.0 Å². The van der Waals surface area contributed by atoms with Crippen molar-refractivity contribution in [1.29, 1.82) is 0 Å². The molecule has 0 atom stereocenters. The summed E-state index contributed by atoms with van der Waals surface area (Å²) in [7, 11) is 1.60. The molecule has 0 aliphatic carbocycles. The first-order valence-electron chi connectivity index (χ1n) is 10.4. The number of methoxy groups -OCH3 is 1. The van der Waals surface area contributed by atoms with Crippen LogP contribution in [-0.2, 0) is 6.18 Å². The van der Waals surface area contributed by atoms with Crippen molar-refractivity contribution in [3.05, 3.63) is 96.4 Å². The van der Waals surface area contributed by atoms with Gasteiger partial charge >= 0.3 is 6.18 Å². The second-order valence-corrected chi connectivity index (χ2v) is 7.85. The van der Waals surface area contributed by atoms with Gasteiger partial charge in [-0.3, -0.25) is 5.43 Å². The highest BCUT2D eigenvalue weighted by Gasteiger charge is 2.30. The van der Waals surface area contributed by atoms with Crippen LogP contribution in [0.3, 0.4) is 0 Å². The second kappa shape index (κ2) is 10.4. The molecule has 0 aliphatic heterocycles. The van der Waals surface area contributed by atoms with Crippen molar-refractivity contribution in [2.24, 2.45) is 5.10 Å². The van der Waals surface area contributed by atoms with Crippen LogP contribution in [0.5, 0.6) is 5.75 Å². The highest BCUT2D eigenvalue weighted by molar-refractivity contribution is 7.80. The number of H-pyrrole nitrogens is 1. The van der Waals surface area contributed by atoms with E-state index in [1.54, 1.807) is 19.7 Å². The third kappa shape index (κ3) is 6.24. The standard InChI is InChI=1S/C25H20F3N5OS/c1-34-22-12-8-20(9-13-22)31-24(35)32-30-14-17-2-10-21(11-3-17)33-15-23(29-16-33)18-4-6-19(7-5-18)25(26,27)28/h2-16H,1H3,(H2,31,32,35)/p+1/b30-14+. The number of ether oxygens (including phenoxy) is 1. The zero-order valence-electron chi connectivity index (χ0n) is 18.5. The van der Waals surface area contributed by atoms with E-state index in [9.17, 15) is 13.2 Å². The molecule has 0 aliphatic rings. The average Bonchev–Trinajstić information content (AvgIpc) is 3.35. The molecule has 6 nitrogen and oxygen atoms in total. The molecule has 178 valence electrons. The number of thiocarbonyl (C=S) groups is 1. The van der Waals surface area contributed by atoms with Crippen molar-refractivity contribution >= 4 is 29.2 Å². The lowest BCUT2D eigenvalue weighted by Crippen LogP contribution is -2.26. The van der Waals surface area contributed by atoms with E-state index < -0.39 is 11.7 Å². The van der Waals surface area contributed by atoms with E-state index in [1.165, 1.54) is 12.1 Å². The van der Waals surface area contributed by atoms with Crippen LogP contribution in [0.2, 0.25) is 0 Å². The number of alkyl halides is 3. The normalized spacial score (nSPS) is 11.4. The van der Waals surface area contributed by atoms with E-state index in [0.717, 1.165) is 34.8 Å². The minimum absolute atomic E-state index is 0.349. The molecule has 3 aromatic carbocycles. The predicted octanol–water partition coefficient (Wildman–Crippen LogP) is 5.31. The van der Waals surface area contributed by atoms with E-state index >= 15 is 0 Å². The summed E-state index contributed by atoms with van der Waals surface area (Å²) in [6, 6.07) is 19.9. The van der Waals surface area contributed by atoms with Crippen molar-refractivity contribution in [2.75, 3.05) is 12.4 Å². The Kier molecular flexibility index (Phi) is 7.11. The molecule has 0 saturated carbocycles. The van der Waals surface area contributed by atoms with Crippen LogP contribution in [0.25, 0.3) is 16.9 Å². The molecule has 0 saturated heterocycles. The van der Waals surface area contributed by atoms with Gasteiger partial charge in [0.1, 0.15) is 17.6 Å². The number of imidazole rings is 1. The first-order valence-corrected chi connectivity index (χ1v) is 10.8. The summed E-state index contributed by atoms with van der Waals surface area (Å²) in [5.41, 5.74) is 5.99. The van der Waals surface area contributed by atoms with Gasteiger partial charge in [-0.05, 0) is 90.6 Å². The molecule has 10 heteroatoms. The van der Waals surface area contributed by atoms with Gasteiger partial charge in [-0.2, -0.15) is 18.3 Å². The number of aromatic nitrogens is 2. The van der Waals surface area contributed by atoms with E-state index in [0.29, 0.717) is 16.4 Å². The number of hydrogen-bond acceptors (Lipinski definition) is 3. The number of nitrogens with zero attached hydrogens (tertiary/aromatic N) is 2. The van der Waals surface area contributed by atoms with Gasteiger partial charge in [0, 0.05) is 11.3 Å². The maximum atomic E-state index is 12.8. The molecule has 0 bridgehead atoms. The maximum Gasteiger partial charge on any atom is 0.416 e. The van der Waals surface area contributed by atoms with Crippen LogP contribution in [0.4, 0.5) is 18.9 Å². The number of hydrogen-bond donors (Lipinski definition) is 3. The van der Waals surface area contributed by atoms with Crippen LogP contribution in [0.15, 0.2) is 90.4 Å². The third-order valence-corrected chi connectivity index (χ3v) is 5.26. The van der Waals surface area contributed by atoms with Crippen molar-refractivity contribution in [2.45, 2.75) is 6.18 Å². The largest absolute Gasteiger partial charge is 0.497 e. The molecular formula is C25H21F3N5OS+. The lowest BCUT2D eigenvalue weighted by Gasteiger charge is -2.07. The fourth-order valence-corrected chi connectivity index (χ4v) is 3.40. The van der Waals surface area contributed by atoms with Crippen LogP contribution in [0, 0.1) is 0 Å². The van der Waals surface area contributed by atoms with Gasteiger partial charge in [0.15, 0.2) is 10.8 Å². The van der Waals surface area contributed by atoms with Crippen molar-refractivity contribution in [3.8, 4) is 22.7 Å². The minimum atomic E-state index is -4.35. The highest BCUT2D eigenvalue weighted by atomic mass is 32.1. The zero-order valence-corrected chi connectivity index (χ0v) is 19.3. The topological polar surface area (TPSA) is 65.3 Å². The number of anilines is 1. The van der Waals surface area contributed by atoms with E-state index in [2.05, 4.69) is 20.8 Å². The molecule has 4 aromatic rings. The molecule has 0 fully saturated rings. The fourth-order valence-electron chi connectivity index (χ4n) is 3.23. The number of rotatable bonds is 6. The number of nitrogens with one attached hydrogen (secondary N) is 3. The summed E-state index contributed by atoms with van der Waals surface area (Å²) >= 11 is 5.24. The molecule has 35 heavy (non-hydrogen) atoms. The summed E-state index contributed by atoms with van der Waals surface area (Å²) < 4.78 is 45.3. The fraction of sp³-hybridized carbons (Fsp3) is 0.0800. The third-order valence-electron chi connectivity index (χ3n) is 5.07. The summed E-state index contributed by atoms with van der Waals surface area (Å²) in [6.07, 6.45) is 0.839. The van der Waals surface area contributed by atoms with Crippen LogP contribution >= 0.6 is 12.2 Å². The second-order valence-electron chi connectivity index (χ2n) is 7.44. The first kappa shape index (κ1) is 24.0. The van der Waals surface area contributed by atoms with Gasteiger partial charge in [-0.1, -0.05) is 0 Å². The lowest BCUT2D eigenvalue weighted by atomic mass is 10.1. The molecule has 4 rings (SSSR count). The van der Waals surface area contributed by atoms with Gasteiger partial charge in [0.25, 0.3) is 0 Å². The average molecular weight is 497 g/mol. The molecule has 1 heterocycles. The molecule has 1 aromatic heterocycles. The van der Waals surface area contributed by atoms with Gasteiger partial charge < -0.3 is 10.1 Å². The number of halogens is 3. The van der Waals surface area contributed by atoms with E-state index in [-0.39, 0.29) is 0 Å². The predicted molar refractivity (Wildman–Crippen MR) is 133 cm³/mol.